The second-order valence-corrected chi connectivity index (χ2v) is 8.37. The van der Waals surface area contributed by atoms with E-state index in [1.807, 2.05) is 0 Å². The minimum atomic E-state index is -3.62. The van der Waals surface area contributed by atoms with Crippen molar-refractivity contribution in [1.82, 2.24) is 19.3 Å². The third kappa shape index (κ3) is 4.09. The topological polar surface area (TPSA) is 144 Å². The Bertz CT molecular complexity index is 1020. The number of pyridine rings is 1. The average Bonchev–Trinajstić information content (AvgIpc) is 2.60. The van der Waals surface area contributed by atoms with E-state index < -0.39 is 21.5 Å². The normalized spacial score (nSPS) is 20.7. The molecule has 3 heterocycles. The van der Waals surface area contributed by atoms with Crippen molar-refractivity contribution in [3.63, 3.8) is 0 Å². The summed E-state index contributed by atoms with van der Waals surface area (Å²) in [4.78, 5) is 29.0. The number of aryl methyl sites for hydroxylation is 1. The molecule has 3 N–H and O–H groups in total. The summed E-state index contributed by atoms with van der Waals surface area (Å²) in [5.41, 5.74) is 5.80. The summed E-state index contributed by atoms with van der Waals surface area (Å²) >= 11 is 0. The maximum absolute atomic E-state index is 12.3. The molecule has 0 radical (unpaired) electrons. The Morgan fingerprint density at radius 2 is 2.00 bits per heavy atom. The number of anilines is 1. The Hall–Kier alpha value is -3.08. The van der Waals surface area contributed by atoms with Crippen LogP contribution in [0.25, 0.3) is 0 Å². The Balaban J connectivity index is 0.00000280. The molecule has 1 atom stereocenters. The van der Waals surface area contributed by atoms with Crippen LogP contribution in [0, 0.1) is 6.92 Å². The van der Waals surface area contributed by atoms with Crippen molar-refractivity contribution in [3.8, 4) is 0 Å². The molecule has 2 aromatic heterocycles. The van der Waals surface area contributed by atoms with Crippen molar-refractivity contribution in [2.24, 2.45) is 10.7 Å². The Labute approximate surface area is 164 Å². The smallest absolute Gasteiger partial charge is 0.277 e. The van der Waals surface area contributed by atoms with E-state index in [1.54, 1.807) is 32.0 Å². The number of nitrogens with zero attached hydrogens (tertiary/aromatic N) is 5. The molecule has 0 saturated carbocycles. The second kappa shape index (κ2) is 7.50. The highest BCUT2D eigenvalue weighted by atomic mass is 32.2. The molecular formula is C17H23N7O3S. The van der Waals surface area contributed by atoms with Gasteiger partial charge in [0.2, 0.25) is 16.0 Å². The van der Waals surface area contributed by atoms with Gasteiger partial charge in [-0.05, 0) is 26.0 Å². The lowest BCUT2D eigenvalue weighted by Gasteiger charge is -2.33. The number of hydrogen-bond acceptors (Lipinski definition) is 8. The Morgan fingerprint density at radius 1 is 1.29 bits per heavy atom. The van der Waals surface area contributed by atoms with Crippen LogP contribution in [0.2, 0.25) is 0 Å². The first-order chi connectivity index (χ1) is 12.6. The molecular weight excluding hydrogens is 382 g/mol. The highest BCUT2D eigenvalue weighted by Gasteiger charge is 2.41. The van der Waals surface area contributed by atoms with Gasteiger partial charge in [0.15, 0.2) is 0 Å². The number of aromatic nitrogens is 3. The maximum Gasteiger partial charge on any atom is 0.277 e. The monoisotopic (exact) mass is 405 g/mol. The van der Waals surface area contributed by atoms with Crippen molar-refractivity contribution in [3.05, 3.63) is 47.7 Å². The summed E-state index contributed by atoms with van der Waals surface area (Å²) in [7, 11) is -2.27. The molecule has 11 heteroatoms. The van der Waals surface area contributed by atoms with E-state index >= 15 is 0 Å². The number of sulfonamides is 1. The van der Waals surface area contributed by atoms with Crippen LogP contribution in [0.15, 0.2) is 35.6 Å². The molecule has 0 fully saturated rings. The number of carbonyl (C=O) groups is 1. The van der Waals surface area contributed by atoms with E-state index in [9.17, 15) is 13.2 Å². The molecule has 28 heavy (non-hydrogen) atoms. The summed E-state index contributed by atoms with van der Waals surface area (Å²) in [6, 6.07) is 4.88. The van der Waals surface area contributed by atoms with Crippen molar-refractivity contribution >= 4 is 27.7 Å². The fraction of sp³-hybridized carbons (Fsp3) is 0.353. The quantitative estimate of drug-likeness (QED) is 0.771. The molecule has 2 aromatic rings. The van der Waals surface area contributed by atoms with E-state index in [2.05, 4.69) is 25.3 Å². The third-order valence-electron chi connectivity index (χ3n) is 4.12. The summed E-state index contributed by atoms with van der Waals surface area (Å²) < 4.78 is 25.6. The largest absolute Gasteiger partial charge is 0.369 e. The molecule has 0 aliphatic carbocycles. The van der Waals surface area contributed by atoms with Gasteiger partial charge in [-0.3, -0.25) is 9.78 Å². The number of rotatable bonds is 3. The van der Waals surface area contributed by atoms with E-state index in [4.69, 9.17) is 5.73 Å². The summed E-state index contributed by atoms with van der Waals surface area (Å²) in [5, 5.41) is 2.62. The van der Waals surface area contributed by atoms with Gasteiger partial charge in [-0.2, -0.15) is 0 Å². The Morgan fingerprint density at radius 3 is 2.61 bits per heavy atom. The molecule has 1 aliphatic rings. The van der Waals surface area contributed by atoms with Gasteiger partial charge in [0.05, 0.1) is 17.6 Å². The number of guanidine groups is 1. The molecule has 0 saturated heterocycles. The highest BCUT2D eigenvalue weighted by Crippen LogP contribution is 2.31. The van der Waals surface area contributed by atoms with Crippen LogP contribution >= 0.6 is 0 Å². The number of hydrogen-bond donors (Lipinski definition) is 2. The molecule has 150 valence electrons. The minimum absolute atomic E-state index is 0. The van der Waals surface area contributed by atoms with Crippen molar-refractivity contribution in [2.45, 2.75) is 26.8 Å². The molecule has 0 bridgehead atoms. The fourth-order valence-corrected chi connectivity index (χ4v) is 4.02. The van der Waals surface area contributed by atoms with E-state index in [0.29, 0.717) is 11.4 Å². The van der Waals surface area contributed by atoms with Gasteiger partial charge in [-0.15, -0.1) is 0 Å². The van der Waals surface area contributed by atoms with Gasteiger partial charge < -0.3 is 11.1 Å². The zero-order valence-corrected chi connectivity index (χ0v) is 15.9. The number of nitrogens with one attached hydrogen (secondary N) is 1. The van der Waals surface area contributed by atoms with Crippen molar-refractivity contribution in [1.29, 1.82) is 0 Å². The molecule has 10 nitrogen and oxygen atoms in total. The van der Waals surface area contributed by atoms with Crippen LogP contribution in [0.3, 0.4) is 0 Å². The van der Waals surface area contributed by atoms with Gasteiger partial charge in [0.1, 0.15) is 22.8 Å². The molecule has 1 aliphatic heterocycles. The number of aliphatic imine (C=N–C) groups is 1. The lowest BCUT2D eigenvalue weighted by molar-refractivity contribution is 0.102. The first-order valence-electron chi connectivity index (χ1n) is 8.00. The molecule has 0 aromatic carbocycles. The Kier molecular flexibility index (Phi) is 5.69. The maximum atomic E-state index is 12.3. The predicted octanol–water partition coefficient (Wildman–Crippen LogP) is 0.874. The molecule has 3 rings (SSSR count). The van der Waals surface area contributed by atoms with Gasteiger partial charge in [-0.1, -0.05) is 13.5 Å². The zero-order valence-electron chi connectivity index (χ0n) is 15.0. The molecule has 1 amide bonds. The minimum Gasteiger partial charge on any atom is -0.369 e. The first kappa shape index (κ1) is 21.2. The SMILES string of the molecule is C.Cc1cnc(C(=O)Nc2cccc([C@]3(C)CS(=O)(=O)N(C)C(N)=N3)n2)cn1. The number of nitrogens with two attached hydrogens (primary N) is 1. The van der Waals surface area contributed by atoms with E-state index in [-0.39, 0.29) is 30.7 Å². The lowest BCUT2D eigenvalue weighted by Crippen LogP contribution is -2.50. The summed E-state index contributed by atoms with van der Waals surface area (Å²) in [5.74, 6) is -0.636. The van der Waals surface area contributed by atoms with E-state index in [0.717, 1.165) is 4.31 Å². The first-order valence-corrected chi connectivity index (χ1v) is 9.61. The van der Waals surface area contributed by atoms with Crippen LogP contribution in [-0.2, 0) is 15.6 Å². The lowest BCUT2D eigenvalue weighted by atomic mass is 10.0. The van der Waals surface area contributed by atoms with Crippen LogP contribution in [0.5, 0.6) is 0 Å². The second-order valence-electron chi connectivity index (χ2n) is 6.37. The summed E-state index contributed by atoms with van der Waals surface area (Å²) in [6.07, 6.45) is 2.85. The van der Waals surface area contributed by atoms with Crippen molar-refractivity contribution in [2.75, 3.05) is 18.1 Å². The predicted molar refractivity (Wildman–Crippen MR) is 106 cm³/mol. The van der Waals surface area contributed by atoms with Gasteiger partial charge in [0, 0.05) is 13.2 Å². The van der Waals surface area contributed by atoms with Crippen LogP contribution in [-0.4, -0.2) is 52.3 Å². The number of amides is 1. The van der Waals surface area contributed by atoms with Crippen LogP contribution in [0.4, 0.5) is 5.82 Å². The van der Waals surface area contributed by atoms with Crippen LogP contribution in [0.1, 0.15) is 36.2 Å². The van der Waals surface area contributed by atoms with E-state index in [1.165, 1.54) is 19.4 Å². The third-order valence-corrected chi connectivity index (χ3v) is 6.07. The molecule has 0 spiro atoms. The summed E-state index contributed by atoms with van der Waals surface area (Å²) in [6.45, 7) is 3.39. The van der Waals surface area contributed by atoms with Crippen molar-refractivity contribution < 1.29 is 13.2 Å². The standard InChI is InChI=1S/C16H19N7O3S.CH4/c1-10-7-19-11(8-18-10)14(24)21-13-6-4-5-12(20-13)16(2)9-27(25,26)23(3)15(17)22-16;/h4-8H,9H2,1-3H3,(H2,17,22)(H,20,21,24);1H4/t16-;/m0./s1. The van der Waals surface area contributed by atoms with Crippen LogP contribution < -0.4 is 11.1 Å². The van der Waals surface area contributed by atoms with Gasteiger partial charge in [-0.25, -0.2) is 27.7 Å². The average molecular weight is 405 g/mol. The van der Waals surface area contributed by atoms with Gasteiger partial charge >= 0.3 is 0 Å². The highest BCUT2D eigenvalue weighted by molar-refractivity contribution is 7.89. The molecule has 0 unspecified atom stereocenters. The number of carbonyl (C=O) groups excluding carboxylic acids is 1. The fourth-order valence-electron chi connectivity index (χ4n) is 2.58. The van der Waals surface area contributed by atoms with Gasteiger partial charge in [0.25, 0.3) is 5.91 Å². The zero-order chi connectivity index (χ0) is 19.8.